The highest BCUT2D eigenvalue weighted by atomic mass is 35.5. The molecule has 28 heavy (non-hydrogen) atoms. The first-order chi connectivity index (χ1) is 13.4. The van der Waals surface area contributed by atoms with Crippen molar-refractivity contribution in [2.24, 2.45) is 23.7 Å². The number of benzene rings is 1. The van der Waals surface area contributed by atoms with E-state index >= 15 is 0 Å². The molecule has 2 N–H and O–H groups in total. The monoisotopic (exact) mass is 399 g/mol. The van der Waals surface area contributed by atoms with Crippen LogP contribution in [-0.4, -0.2) is 26.8 Å². The standard InChI is InChI=1S/C21H22ClN3O3/c1-11-19(12(2)25(24-11)10-15-5-3-4-6-16(15)22)23-20(26)17-13-7-8-14(9-13)18(17)21(27)28/h3-8,13-14,17-18H,9-10H2,1-2H3,(H,23,26)(H,27,28)/t13-,14+,17-,18+/m1/s1. The molecule has 7 heteroatoms. The Bertz CT molecular complexity index is 981. The first-order valence-corrected chi connectivity index (χ1v) is 9.74. The maximum Gasteiger partial charge on any atom is 0.307 e. The number of amides is 1. The van der Waals surface area contributed by atoms with Gasteiger partial charge in [-0.1, -0.05) is 42.0 Å². The lowest BCUT2D eigenvalue weighted by Crippen LogP contribution is -2.36. The van der Waals surface area contributed by atoms with Crippen molar-refractivity contribution in [1.29, 1.82) is 0 Å². The van der Waals surface area contributed by atoms with Crippen LogP contribution in [-0.2, 0) is 16.1 Å². The van der Waals surface area contributed by atoms with Crippen LogP contribution in [0.5, 0.6) is 0 Å². The number of allylic oxidation sites excluding steroid dienone is 2. The fraction of sp³-hybridized carbons (Fsp3) is 0.381. The molecular weight excluding hydrogens is 378 g/mol. The molecule has 0 aliphatic heterocycles. The van der Waals surface area contributed by atoms with Gasteiger partial charge in [-0.15, -0.1) is 0 Å². The molecule has 2 aliphatic rings. The molecule has 1 aromatic carbocycles. The Labute approximate surface area is 168 Å². The molecule has 0 spiro atoms. The number of aromatic nitrogens is 2. The van der Waals surface area contributed by atoms with Crippen LogP contribution in [0.3, 0.4) is 0 Å². The summed E-state index contributed by atoms with van der Waals surface area (Å²) in [5.74, 6) is -2.41. The Morgan fingerprint density at radius 2 is 1.89 bits per heavy atom. The van der Waals surface area contributed by atoms with Gasteiger partial charge in [-0.2, -0.15) is 5.10 Å². The molecule has 1 heterocycles. The predicted octanol–water partition coefficient (Wildman–Crippen LogP) is 3.66. The van der Waals surface area contributed by atoms with Gasteiger partial charge < -0.3 is 10.4 Å². The van der Waals surface area contributed by atoms with Gasteiger partial charge in [0.15, 0.2) is 0 Å². The summed E-state index contributed by atoms with van der Waals surface area (Å²) in [7, 11) is 0. The highest BCUT2D eigenvalue weighted by Gasteiger charge is 2.51. The molecule has 1 aromatic heterocycles. The Kier molecular flexibility index (Phi) is 4.75. The molecule has 1 fully saturated rings. The third-order valence-electron chi connectivity index (χ3n) is 5.95. The number of anilines is 1. The van der Waals surface area contributed by atoms with Crippen LogP contribution < -0.4 is 5.32 Å². The molecule has 2 aromatic rings. The number of hydrogen-bond donors (Lipinski definition) is 2. The maximum atomic E-state index is 13.0. The zero-order chi connectivity index (χ0) is 20.0. The Morgan fingerprint density at radius 1 is 1.21 bits per heavy atom. The van der Waals surface area contributed by atoms with Crippen LogP contribution in [0.15, 0.2) is 36.4 Å². The Morgan fingerprint density at radius 3 is 2.57 bits per heavy atom. The van der Waals surface area contributed by atoms with Gasteiger partial charge in [-0.05, 0) is 43.7 Å². The number of aliphatic carboxylic acids is 1. The molecule has 0 unspecified atom stereocenters. The quantitative estimate of drug-likeness (QED) is 0.751. The summed E-state index contributed by atoms with van der Waals surface area (Å²) in [5.41, 5.74) is 3.10. The lowest BCUT2D eigenvalue weighted by molar-refractivity contribution is -0.146. The van der Waals surface area contributed by atoms with Gasteiger partial charge in [0.2, 0.25) is 5.91 Å². The number of hydrogen-bond acceptors (Lipinski definition) is 3. The van der Waals surface area contributed by atoms with E-state index in [0.717, 1.165) is 17.7 Å². The third kappa shape index (κ3) is 3.11. The molecular formula is C21H22ClN3O3. The highest BCUT2D eigenvalue weighted by molar-refractivity contribution is 6.31. The normalized spacial score (nSPS) is 25.2. The van der Waals surface area contributed by atoms with E-state index in [9.17, 15) is 14.7 Å². The van der Waals surface area contributed by atoms with E-state index in [1.54, 1.807) is 0 Å². The van der Waals surface area contributed by atoms with Gasteiger partial charge in [-0.25, -0.2) is 0 Å². The molecule has 0 saturated heterocycles. The molecule has 1 saturated carbocycles. The molecule has 4 atom stereocenters. The Hall–Kier alpha value is -2.60. The highest BCUT2D eigenvalue weighted by Crippen LogP contribution is 2.48. The number of aryl methyl sites for hydroxylation is 1. The van der Waals surface area contributed by atoms with E-state index in [0.29, 0.717) is 22.9 Å². The fourth-order valence-corrected chi connectivity index (χ4v) is 4.74. The number of carbonyl (C=O) groups excluding carboxylic acids is 1. The number of rotatable bonds is 5. The molecule has 6 nitrogen and oxygen atoms in total. The van der Waals surface area contributed by atoms with Crippen molar-refractivity contribution in [2.75, 3.05) is 5.32 Å². The van der Waals surface area contributed by atoms with Crippen molar-refractivity contribution in [3.63, 3.8) is 0 Å². The van der Waals surface area contributed by atoms with Crippen LogP contribution in [0.4, 0.5) is 5.69 Å². The average Bonchev–Trinajstić information content (AvgIpc) is 3.33. The molecule has 1 amide bonds. The minimum absolute atomic E-state index is 0.00937. The summed E-state index contributed by atoms with van der Waals surface area (Å²) < 4.78 is 1.81. The van der Waals surface area contributed by atoms with Crippen LogP contribution in [0, 0.1) is 37.5 Å². The van der Waals surface area contributed by atoms with Crippen molar-refractivity contribution in [2.45, 2.75) is 26.8 Å². The van der Waals surface area contributed by atoms with Crippen LogP contribution in [0.1, 0.15) is 23.4 Å². The number of carbonyl (C=O) groups is 2. The van der Waals surface area contributed by atoms with Gasteiger partial charge >= 0.3 is 5.97 Å². The van der Waals surface area contributed by atoms with Crippen LogP contribution in [0.2, 0.25) is 5.02 Å². The second-order valence-corrected chi connectivity index (χ2v) is 8.03. The first kappa shape index (κ1) is 18.7. The summed E-state index contributed by atoms with van der Waals surface area (Å²) in [4.78, 5) is 24.7. The minimum atomic E-state index is -0.903. The minimum Gasteiger partial charge on any atom is -0.481 e. The largest absolute Gasteiger partial charge is 0.481 e. The van der Waals surface area contributed by atoms with Crippen molar-refractivity contribution in [3.8, 4) is 0 Å². The lowest BCUT2D eigenvalue weighted by Gasteiger charge is -2.23. The Balaban J connectivity index is 1.56. The number of nitrogens with zero attached hydrogens (tertiary/aromatic N) is 2. The molecule has 0 radical (unpaired) electrons. The molecule has 2 aliphatic carbocycles. The lowest BCUT2D eigenvalue weighted by atomic mass is 9.82. The summed E-state index contributed by atoms with van der Waals surface area (Å²) in [6, 6.07) is 7.57. The summed E-state index contributed by atoms with van der Waals surface area (Å²) in [6.07, 6.45) is 4.65. The van der Waals surface area contributed by atoms with E-state index in [4.69, 9.17) is 11.6 Å². The molecule has 2 bridgehead atoms. The number of carboxylic acids is 1. The predicted molar refractivity (Wildman–Crippen MR) is 106 cm³/mol. The van der Waals surface area contributed by atoms with Gasteiger partial charge in [0.05, 0.1) is 35.5 Å². The average molecular weight is 400 g/mol. The third-order valence-corrected chi connectivity index (χ3v) is 6.32. The van der Waals surface area contributed by atoms with Gasteiger partial charge in [0, 0.05) is 5.02 Å². The van der Waals surface area contributed by atoms with E-state index in [-0.39, 0.29) is 17.7 Å². The van der Waals surface area contributed by atoms with Crippen molar-refractivity contribution in [1.82, 2.24) is 9.78 Å². The number of carboxylic acid groups (broad SMARTS) is 1. The number of nitrogens with one attached hydrogen (secondary N) is 1. The van der Waals surface area contributed by atoms with Crippen LogP contribution in [0.25, 0.3) is 0 Å². The number of halogens is 1. The maximum absolute atomic E-state index is 13.0. The topological polar surface area (TPSA) is 84.2 Å². The summed E-state index contributed by atoms with van der Waals surface area (Å²) in [6.45, 7) is 4.22. The van der Waals surface area contributed by atoms with Crippen molar-refractivity contribution < 1.29 is 14.7 Å². The fourth-order valence-electron chi connectivity index (χ4n) is 4.54. The zero-order valence-electron chi connectivity index (χ0n) is 15.7. The van der Waals surface area contributed by atoms with Crippen LogP contribution >= 0.6 is 11.6 Å². The SMILES string of the molecule is Cc1nn(Cc2ccccc2Cl)c(C)c1NC(=O)[C@H]1[C@@H](C(=O)O)[C@H]2C=C[C@@H]1C2. The van der Waals surface area contributed by atoms with Gasteiger partial charge in [-0.3, -0.25) is 14.3 Å². The van der Waals surface area contributed by atoms with Crippen molar-refractivity contribution in [3.05, 3.63) is 58.4 Å². The summed E-state index contributed by atoms with van der Waals surface area (Å²) in [5, 5.41) is 17.7. The molecule has 4 rings (SSSR count). The second-order valence-electron chi connectivity index (χ2n) is 7.62. The second kappa shape index (κ2) is 7.09. The van der Waals surface area contributed by atoms with Gasteiger partial charge in [0.1, 0.15) is 0 Å². The van der Waals surface area contributed by atoms with E-state index in [2.05, 4.69) is 10.4 Å². The summed E-state index contributed by atoms with van der Waals surface area (Å²) >= 11 is 6.25. The van der Waals surface area contributed by atoms with E-state index in [1.807, 2.05) is 54.9 Å². The van der Waals surface area contributed by atoms with Gasteiger partial charge in [0.25, 0.3) is 0 Å². The smallest absolute Gasteiger partial charge is 0.307 e. The number of fused-ring (bicyclic) bond motifs is 2. The van der Waals surface area contributed by atoms with E-state index in [1.165, 1.54) is 0 Å². The zero-order valence-corrected chi connectivity index (χ0v) is 16.5. The van der Waals surface area contributed by atoms with Crippen molar-refractivity contribution >= 4 is 29.2 Å². The van der Waals surface area contributed by atoms with E-state index < -0.39 is 17.8 Å². The first-order valence-electron chi connectivity index (χ1n) is 9.36. The molecule has 146 valence electrons.